The topological polar surface area (TPSA) is 53.2 Å². The van der Waals surface area contributed by atoms with Gasteiger partial charge in [-0.3, -0.25) is 0 Å². The fourth-order valence-electron chi connectivity index (χ4n) is 1.22. The van der Waals surface area contributed by atoms with E-state index in [1.807, 2.05) is 0 Å². The lowest BCUT2D eigenvalue weighted by Gasteiger charge is -2.20. The number of aliphatic hydroxyl groups is 1. The minimum atomic E-state index is -0.757. The molecule has 1 rings (SSSR count). The van der Waals surface area contributed by atoms with Crippen LogP contribution in [0.1, 0.15) is 25.5 Å². The van der Waals surface area contributed by atoms with Crippen molar-refractivity contribution < 1.29 is 9.84 Å². The molecule has 17 heavy (non-hydrogen) atoms. The van der Waals surface area contributed by atoms with Crippen LogP contribution < -0.4 is 0 Å². The molecule has 0 aromatic heterocycles. The molecule has 0 aliphatic heterocycles. The van der Waals surface area contributed by atoms with E-state index >= 15 is 0 Å². The van der Waals surface area contributed by atoms with E-state index in [-0.39, 0.29) is 0 Å². The highest BCUT2D eigenvalue weighted by Gasteiger charge is 2.20. The molecule has 0 radical (unpaired) electrons. The Balaban J connectivity index is 2.95. The predicted molar refractivity (Wildman–Crippen MR) is 69.7 cm³/mol. The van der Waals surface area contributed by atoms with E-state index in [4.69, 9.17) is 21.6 Å². The molecule has 3 unspecified atom stereocenters. The van der Waals surface area contributed by atoms with E-state index in [0.29, 0.717) is 10.6 Å². The van der Waals surface area contributed by atoms with Crippen LogP contribution in [0.25, 0.3) is 0 Å². The van der Waals surface area contributed by atoms with Gasteiger partial charge in [0, 0.05) is 15.1 Å². The fourth-order valence-corrected chi connectivity index (χ4v) is 1.85. The number of hydrogen-bond acceptors (Lipinski definition) is 3. The largest absolute Gasteiger partial charge is 0.391 e. The Morgan fingerprint density at radius 1 is 1.47 bits per heavy atom. The summed E-state index contributed by atoms with van der Waals surface area (Å²) in [7, 11) is 0. The van der Waals surface area contributed by atoms with Gasteiger partial charge in [-0.1, -0.05) is 27.5 Å². The van der Waals surface area contributed by atoms with Crippen molar-refractivity contribution in [2.24, 2.45) is 0 Å². The summed E-state index contributed by atoms with van der Waals surface area (Å²) in [4.78, 5) is 0. The normalized spacial score (nSPS) is 16.0. The molecule has 1 aromatic carbocycles. The lowest BCUT2D eigenvalue weighted by atomic mass is 10.1. The summed E-state index contributed by atoms with van der Waals surface area (Å²) in [6.07, 6.45) is -1.82. The molecule has 92 valence electrons. The molecule has 0 aliphatic carbocycles. The molecular weight excluding hydrogens is 305 g/mol. The number of halogens is 2. The maximum Gasteiger partial charge on any atom is 0.170 e. The van der Waals surface area contributed by atoms with E-state index in [9.17, 15) is 5.11 Å². The van der Waals surface area contributed by atoms with E-state index in [1.165, 1.54) is 0 Å². The van der Waals surface area contributed by atoms with Gasteiger partial charge in [0.2, 0.25) is 0 Å². The number of ether oxygens (including phenoxy) is 1. The molecule has 0 bridgehead atoms. The second kappa shape index (κ2) is 6.36. The molecule has 1 N–H and O–H groups in total. The van der Waals surface area contributed by atoms with E-state index in [2.05, 4.69) is 22.0 Å². The predicted octanol–water partition coefficient (Wildman–Crippen LogP) is 3.45. The Morgan fingerprint density at radius 2 is 2.12 bits per heavy atom. The summed E-state index contributed by atoms with van der Waals surface area (Å²) in [5, 5.41) is 19.0. The molecule has 1 aromatic rings. The molecular formula is C12H13BrClNO2. The Kier molecular flexibility index (Phi) is 5.41. The van der Waals surface area contributed by atoms with Gasteiger partial charge >= 0.3 is 0 Å². The zero-order chi connectivity index (χ0) is 13.0. The summed E-state index contributed by atoms with van der Waals surface area (Å²) in [5.41, 5.74) is 0.660. The van der Waals surface area contributed by atoms with Crippen LogP contribution in [0.3, 0.4) is 0 Å². The van der Waals surface area contributed by atoms with Gasteiger partial charge in [0.25, 0.3) is 0 Å². The quantitative estimate of drug-likeness (QED) is 0.925. The zero-order valence-corrected chi connectivity index (χ0v) is 11.9. The number of hydrogen-bond donors (Lipinski definition) is 1. The molecule has 0 heterocycles. The smallest absolute Gasteiger partial charge is 0.170 e. The molecule has 0 aliphatic rings. The first kappa shape index (κ1) is 14.5. The van der Waals surface area contributed by atoms with Crippen LogP contribution in [-0.4, -0.2) is 17.3 Å². The number of aliphatic hydroxyl groups excluding tert-OH is 1. The summed E-state index contributed by atoms with van der Waals surface area (Å²) >= 11 is 9.23. The van der Waals surface area contributed by atoms with Gasteiger partial charge in [-0.2, -0.15) is 5.26 Å². The minimum Gasteiger partial charge on any atom is -0.391 e. The Hall–Kier alpha value is -0.600. The summed E-state index contributed by atoms with van der Waals surface area (Å²) in [5.74, 6) is 0. The van der Waals surface area contributed by atoms with Gasteiger partial charge in [0.05, 0.1) is 18.3 Å². The SMILES string of the molecule is CC(O)C(C)OC(C#N)c1cc(Cl)ccc1Br. The lowest BCUT2D eigenvalue weighted by molar-refractivity contribution is -0.0428. The van der Waals surface area contributed by atoms with Crippen molar-refractivity contribution in [3.63, 3.8) is 0 Å². The second-order valence-electron chi connectivity index (χ2n) is 3.76. The maximum atomic E-state index is 9.36. The lowest BCUT2D eigenvalue weighted by Crippen LogP contribution is -2.24. The Bertz CT molecular complexity index is 431. The van der Waals surface area contributed by atoms with Crippen molar-refractivity contribution >= 4 is 27.5 Å². The van der Waals surface area contributed by atoms with Crippen LogP contribution in [0.5, 0.6) is 0 Å². The average Bonchev–Trinajstić information content (AvgIpc) is 2.29. The van der Waals surface area contributed by atoms with Crippen LogP contribution >= 0.6 is 27.5 Å². The van der Waals surface area contributed by atoms with Crippen LogP contribution in [0.2, 0.25) is 5.02 Å². The van der Waals surface area contributed by atoms with Crippen LogP contribution in [-0.2, 0) is 4.74 Å². The zero-order valence-electron chi connectivity index (χ0n) is 9.52. The van der Waals surface area contributed by atoms with E-state index in [1.54, 1.807) is 32.0 Å². The molecule has 5 heteroatoms. The Labute approximate surface area is 114 Å². The molecule has 0 saturated carbocycles. The third-order valence-electron chi connectivity index (χ3n) is 2.39. The third kappa shape index (κ3) is 3.97. The van der Waals surface area contributed by atoms with Gasteiger partial charge in [-0.25, -0.2) is 0 Å². The van der Waals surface area contributed by atoms with Crippen molar-refractivity contribution in [3.8, 4) is 6.07 Å². The van der Waals surface area contributed by atoms with E-state index in [0.717, 1.165) is 4.47 Å². The fraction of sp³-hybridized carbons (Fsp3) is 0.417. The first-order chi connectivity index (χ1) is 7.95. The highest BCUT2D eigenvalue weighted by atomic mass is 79.9. The van der Waals surface area contributed by atoms with Gasteiger partial charge in [0.15, 0.2) is 6.10 Å². The first-order valence-corrected chi connectivity index (χ1v) is 6.31. The van der Waals surface area contributed by atoms with Crippen molar-refractivity contribution in [2.75, 3.05) is 0 Å². The number of rotatable bonds is 4. The van der Waals surface area contributed by atoms with Crippen molar-refractivity contribution in [3.05, 3.63) is 33.3 Å². The maximum absolute atomic E-state index is 9.36. The molecule has 0 spiro atoms. The molecule has 0 fully saturated rings. The molecule has 0 saturated heterocycles. The number of nitrogens with zero attached hydrogens (tertiary/aromatic N) is 1. The highest BCUT2D eigenvalue weighted by Crippen LogP contribution is 2.29. The number of nitriles is 1. The standard InChI is InChI=1S/C12H13BrClNO2/c1-7(16)8(2)17-12(6-15)10-5-9(14)3-4-11(10)13/h3-5,7-8,12,16H,1-2H3. The molecule has 3 nitrogen and oxygen atoms in total. The van der Waals surface area contributed by atoms with Crippen molar-refractivity contribution in [1.82, 2.24) is 0 Å². The van der Waals surface area contributed by atoms with Gasteiger partial charge < -0.3 is 9.84 Å². The van der Waals surface area contributed by atoms with Crippen LogP contribution in [0, 0.1) is 11.3 Å². The van der Waals surface area contributed by atoms with Gasteiger partial charge in [0.1, 0.15) is 0 Å². The molecule has 3 atom stereocenters. The van der Waals surface area contributed by atoms with Crippen molar-refractivity contribution in [1.29, 1.82) is 5.26 Å². The number of benzene rings is 1. The highest BCUT2D eigenvalue weighted by molar-refractivity contribution is 9.10. The first-order valence-electron chi connectivity index (χ1n) is 5.13. The summed E-state index contributed by atoms with van der Waals surface area (Å²) in [6, 6.07) is 7.21. The minimum absolute atomic E-state index is 0.425. The van der Waals surface area contributed by atoms with Gasteiger partial charge in [-0.15, -0.1) is 0 Å². The second-order valence-corrected chi connectivity index (χ2v) is 5.05. The van der Waals surface area contributed by atoms with Crippen molar-refractivity contribution in [2.45, 2.75) is 32.2 Å². The Morgan fingerprint density at radius 3 is 2.65 bits per heavy atom. The molecule has 0 amide bonds. The summed E-state index contributed by atoms with van der Waals surface area (Å²) in [6.45, 7) is 3.33. The van der Waals surface area contributed by atoms with Gasteiger partial charge in [-0.05, 0) is 32.0 Å². The van der Waals surface area contributed by atoms with E-state index < -0.39 is 18.3 Å². The van der Waals surface area contributed by atoms with Crippen LogP contribution in [0.4, 0.5) is 0 Å². The average molecular weight is 319 g/mol. The van der Waals surface area contributed by atoms with Crippen LogP contribution in [0.15, 0.2) is 22.7 Å². The summed E-state index contributed by atoms with van der Waals surface area (Å²) < 4.78 is 6.24. The third-order valence-corrected chi connectivity index (χ3v) is 3.35. The monoisotopic (exact) mass is 317 g/mol.